The number of aromatic nitrogens is 4. The molecule has 0 aliphatic carbocycles. The van der Waals surface area contributed by atoms with E-state index in [9.17, 15) is 9.18 Å². The Balaban J connectivity index is 2.17. The molecule has 2 heterocycles. The van der Waals surface area contributed by atoms with Crippen LogP contribution in [0.2, 0.25) is 0 Å². The van der Waals surface area contributed by atoms with Gasteiger partial charge in [-0.05, 0) is 25.0 Å². The number of anilines is 1. The third kappa shape index (κ3) is 3.11. The average molecular weight is 275 g/mol. The van der Waals surface area contributed by atoms with Crippen molar-refractivity contribution in [3.05, 3.63) is 41.2 Å². The van der Waals surface area contributed by atoms with Crippen molar-refractivity contribution in [2.75, 3.05) is 5.32 Å². The molecule has 0 radical (unpaired) electrons. The second kappa shape index (κ2) is 6.14. The molecule has 2 rings (SSSR count). The van der Waals surface area contributed by atoms with Gasteiger partial charge in [-0.1, -0.05) is 13.8 Å². The summed E-state index contributed by atoms with van der Waals surface area (Å²) >= 11 is 0. The van der Waals surface area contributed by atoms with Crippen LogP contribution in [-0.4, -0.2) is 26.1 Å². The molecule has 0 saturated carbocycles. The zero-order chi connectivity index (χ0) is 14.5. The highest BCUT2D eigenvalue weighted by Crippen LogP contribution is 2.08. The van der Waals surface area contributed by atoms with Crippen molar-refractivity contribution in [2.45, 2.75) is 26.7 Å². The second-order valence-corrected chi connectivity index (χ2v) is 4.06. The molecular formula is C13H14FN5O. The summed E-state index contributed by atoms with van der Waals surface area (Å²) in [5, 5.41) is 10.4. The van der Waals surface area contributed by atoms with Crippen molar-refractivity contribution < 1.29 is 9.18 Å². The lowest BCUT2D eigenvalue weighted by molar-refractivity contribution is 0.102. The Bertz CT molecular complexity index is 615. The van der Waals surface area contributed by atoms with Gasteiger partial charge in [0.2, 0.25) is 11.9 Å². The second-order valence-electron chi connectivity index (χ2n) is 4.06. The number of nitrogens with zero attached hydrogens (tertiary/aromatic N) is 4. The van der Waals surface area contributed by atoms with Gasteiger partial charge < -0.3 is 0 Å². The van der Waals surface area contributed by atoms with Gasteiger partial charge in [-0.3, -0.25) is 10.1 Å². The van der Waals surface area contributed by atoms with Crippen molar-refractivity contribution in [3.63, 3.8) is 0 Å². The lowest BCUT2D eigenvalue weighted by atomic mass is 10.2. The fourth-order valence-electron chi connectivity index (χ4n) is 1.67. The number of halogens is 1. The van der Waals surface area contributed by atoms with Crippen LogP contribution in [0, 0.1) is 5.95 Å². The predicted octanol–water partition coefficient (Wildman–Crippen LogP) is 1.78. The number of aryl methyl sites for hydroxylation is 2. The van der Waals surface area contributed by atoms with E-state index in [1.165, 1.54) is 6.07 Å². The molecule has 0 bridgehead atoms. The molecule has 0 atom stereocenters. The maximum absolute atomic E-state index is 12.7. The SMILES string of the molecule is CCc1nnc(NC(=O)c2ccc(F)nc2)nc1CC. The number of hydrogen-bond donors (Lipinski definition) is 1. The minimum absolute atomic E-state index is 0.133. The molecular weight excluding hydrogens is 261 g/mol. The lowest BCUT2D eigenvalue weighted by Crippen LogP contribution is -2.16. The molecule has 0 aliphatic heterocycles. The third-order valence-electron chi connectivity index (χ3n) is 2.72. The van der Waals surface area contributed by atoms with Gasteiger partial charge in [-0.25, -0.2) is 9.97 Å². The number of amides is 1. The zero-order valence-corrected chi connectivity index (χ0v) is 11.2. The molecule has 0 aliphatic rings. The van der Waals surface area contributed by atoms with Crippen LogP contribution < -0.4 is 5.32 Å². The fourth-order valence-corrected chi connectivity index (χ4v) is 1.67. The summed E-state index contributed by atoms with van der Waals surface area (Å²) in [6, 6.07) is 2.46. The molecule has 1 N–H and O–H groups in total. The molecule has 0 spiro atoms. The van der Waals surface area contributed by atoms with Crippen LogP contribution in [0.4, 0.5) is 10.3 Å². The van der Waals surface area contributed by atoms with E-state index in [1.54, 1.807) is 0 Å². The van der Waals surface area contributed by atoms with E-state index >= 15 is 0 Å². The summed E-state index contributed by atoms with van der Waals surface area (Å²) in [5.74, 6) is -0.959. The minimum atomic E-state index is -0.639. The summed E-state index contributed by atoms with van der Waals surface area (Å²) in [7, 11) is 0. The summed E-state index contributed by atoms with van der Waals surface area (Å²) in [4.78, 5) is 19.6. The Morgan fingerprint density at radius 1 is 1.20 bits per heavy atom. The maximum Gasteiger partial charge on any atom is 0.259 e. The van der Waals surface area contributed by atoms with Crippen LogP contribution in [0.3, 0.4) is 0 Å². The van der Waals surface area contributed by atoms with Crippen molar-refractivity contribution >= 4 is 11.9 Å². The van der Waals surface area contributed by atoms with Crippen molar-refractivity contribution in [3.8, 4) is 0 Å². The van der Waals surface area contributed by atoms with Gasteiger partial charge in [-0.2, -0.15) is 4.39 Å². The summed E-state index contributed by atoms with van der Waals surface area (Å²) in [5.41, 5.74) is 1.84. The normalized spacial score (nSPS) is 10.3. The van der Waals surface area contributed by atoms with Crippen LogP contribution in [0.25, 0.3) is 0 Å². The third-order valence-corrected chi connectivity index (χ3v) is 2.72. The first kappa shape index (κ1) is 14.0. The van der Waals surface area contributed by atoms with Crippen LogP contribution >= 0.6 is 0 Å². The molecule has 1 amide bonds. The number of hydrogen-bond acceptors (Lipinski definition) is 5. The Morgan fingerprint density at radius 2 is 1.95 bits per heavy atom. The summed E-state index contributed by atoms with van der Waals surface area (Å²) < 4.78 is 12.7. The van der Waals surface area contributed by atoms with Gasteiger partial charge >= 0.3 is 0 Å². The summed E-state index contributed by atoms with van der Waals surface area (Å²) in [6.07, 6.45) is 2.60. The first-order chi connectivity index (χ1) is 9.63. The van der Waals surface area contributed by atoms with Gasteiger partial charge in [0, 0.05) is 6.20 Å². The Kier molecular flexibility index (Phi) is 4.29. The zero-order valence-electron chi connectivity index (χ0n) is 11.2. The van der Waals surface area contributed by atoms with E-state index in [2.05, 4.69) is 25.5 Å². The number of rotatable bonds is 4. The predicted molar refractivity (Wildman–Crippen MR) is 70.7 cm³/mol. The van der Waals surface area contributed by atoms with Crippen molar-refractivity contribution in [2.24, 2.45) is 0 Å². The van der Waals surface area contributed by atoms with Crippen molar-refractivity contribution in [1.29, 1.82) is 0 Å². The Hall–Kier alpha value is -2.44. The average Bonchev–Trinajstić information content (AvgIpc) is 2.47. The molecule has 2 aromatic rings. The summed E-state index contributed by atoms with van der Waals surface area (Å²) in [6.45, 7) is 3.92. The highest BCUT2D eigenvalue weighted by molar-refractivity contribution is 6.02. The van der Waals surface area contributed by atoms with E-state index in [-0.39, 0.29) is 11.5 Å². The highest BCUT2D eigenvalue weighted by Gasteiger charge is 2.11. The van der Waals surface area contributed by atoms with Gasteiger partial charge in [0.1, 0.15) is 0 Å². The van der Waals surface area contributed by atoms with Gasteiger partial charge in [0.15, 0.2) is 0 Å². The van der Waals surface area contributed by atoms with E-state index in [1.807, 2.05) is 13.8 Å². The van der Waals surface area contributed by atoms with Gasteiger partial charge in [0.25, 0.3) is 5.91 Å². The molecule has 0 unspecified atom stereocenters. The van der Waals surface area contributed by atoms with Gasteiger partial charge in [-0.15, -0.1) is 10.2 Å². The van der Waals surface area contributed by atoms with E-state index < -0.39 is 11.9 Å². The first-order valence-electron chi connectivity index (χ1n) is 6.29. The monoisotopic (exact) mass is 275 g/mol. The Morgan fingerprint density at radius 3 is 2.55 bits per heavy atom. The van der Waals surface area contributed by atoms with Crippen LogP contribution in [0.15, 0.2) is 18.3 Å². The van der Waals surface area contributed by atoms with Crippen LogP contribution in [0.1, 0.15) is 35.6 Å². The number of carbonyl (C=O) groups excluding carboxylic acids is 1. The smallest absolute Gasteiger partial charge is 0.259 e. The van der Waals surface area contributed by atoms with Crippen LogP contribution in [-0.2, 0) is 12.8 Å². The van der Waals surface area contributed by atoms with Gasteiger partial charge in [0.05, 0.1) is 17.0 Å². The molecule has 0 aromatic carbocycles. The topological polar surface area (TPSA) is 80.7 Å². The molecule has 6 nitrogen and oxygen atoms in total. The molecule has 104 valence electrons. The van der Waals surface area contributed by atoms with E-state index in [0.29, 0.717) is 6.42 Å². The first-order valence-corrected chi connectivity index (χ1v) is 6.29. The van der Waals surface area contributed by atoms with Crippen LogP contribution in [0.5, 0.6) is 0 Å². The van der Waals surface area contributed by atoms with E-state index in [0.717, 1.165) is 30.1 Å². The molecule has 7 heteroatoms. The number of nitrogens with one attached hydrogen (secondary N) is 1. The largest absolute Gasteiger partial charge is 0.289 e. The minimum Gasteiger partial charge on any atom is -0.289 e. The lowest BCUT2D eigenvalue weighted by Gasteiger charge is -2.06. The maximum atomic E-state index is 12.7. The number of carbonyl (C=O) groups is 1. The van der Waals surface area contributed by atoms with Crippen molar-refractivity contribution in [1.82, 2.24) is 20.2 Å². The quantitative estimate of drug-likeness (QED) is 0.860. The molecule has 0 saturated heterocycles. The molecule has 2 aromatic heterocycles. The number of pyridine rings is 1. The standard InChI is InChI=1S/C13H14FN5O/c1-3-9-10(4-2)18-19-13(16-9)17-12(20)8-5-6-11(14)15-7-8/h5-7H,3-4H2,1-2H3,(H,16,17,19,20). The fraction of sp³-hybridized carbons (Fsp3) is 0.308. The van der Waals surface area contributed by atoms with E-state index in [4.69, 9.17) is 0 Å². The molecule has 20 heavy (non-hydrogen) atoms. The Labute approximate surface area is 115 Å². The molecule has 0 fully saturated rings. The highest BCUT2D eigenvalue weighted by atomic mass is 19.1.